The van der Waals surface area contributed by atoms with Crippen LogP contribution in [0, 0.1) is 5.92 Å². The van der Waals surface area contributed by atoms with Crippen LogP contribution < -0.4 is 0 Å². The molecule has 0 unspecified atom stereocenters. The van der Waals surface area contributed by atoms with Gasteiger partial charge in [-0.1, -0.05) is 49.6 Å². The summed E-state index contributed by atoms with van der Waals surface area (Å²) in [7, 11) is 0. The molecule has 3 heteroatoms. The fraction of sp³-hybridized carbons (Fsp3) is 0.562. The first kappa shape index (κ1) is 12.7. The van der Waals surface area contributed by atoms with Gasteiger partial charge in [0.05, 0.1) is 0 Å². The monoisotopic (exact) mass is 260 g/mol. The Morgan fingerprint density at radius 1 is 1.11 bits per heavy atom. The van der Waals surface area contributed by atoms with Gasteiger partial charge in [0.25, 0.3) is 0 Å². The highest BCUT2D eigenvalue weighted by molar-refractivity contribution is 5.83. The van der Waals surface area contributed by atoms with Gasteiger partial charge in [0.2, 0.25) is 6.29 Å². The third-order valence-electron chi connectivity index (χ3n) is 4.31. The molecule has 1 saturated heterocycles. The molecule has 3 rings (SSSR count). The Morgan fingerprint density at radius 3 is 2.37 bits per heavy atom. The van der Waals surface area contributed by atoms with Crippen molar-refractivity contribution in [3.63, 3.8) is 0 Å². The second-order valence-electron chi connectivity index (χ2n) is 5.53. The smallest absolute Gasteiger partial charge is 0.345 e. The van der Waals surface area contributed by atoms with Crippen molar-refractivity contribution in [2.75, 3.05) is 0 Å². The Kier molecular flexibility index (Phi) is 3.31. The average molecular weight is 260 g/mol. The topological polar surface area (TPSA) is 35.5 Å². The van der Waals surface area contributed by atoms with Crippen molar-refractivity contribution in [1.82, 2.24) is 0 Å². The van der Waals surface area contributed by atoms with Crippen LogP contribution in [-0.4, -0.2) is 12.3 Å². The number of benzene rings is 1. The lowest BCUT2D eigenvalue weighted by atomic mass is 9.73. The van der Waals surface area contributed by atoms with Crippen molar-refractivity contribution in [1.29, 1.82) is 0 Å². The van der Waals surface area contributed by atoms with Crippen LogP contribution in [0.5, 0.6) is 0 Å². The predicted molar refractivity (Wildman–Crippen MR) is 71.3 cm³/mol. The molecule has 0 spiro atoms. The number of esters is 1. The minimum Gasteiger partial charge on any atom is -0.434 e. The van der Waals surface area contributed by atoms with Crippen molar-refractivity contribution in [2.45, 2.75) is 50.9 Å². The minimum absolute atomic E-state index is 0.210. The van der Waals surface area contributed by atoms with Gasteiger partial charge < -0.3 is 9.47 Å². The molecule has 1 aliphatic heterocycles. The van der Waals surface area contributed by atoms with E-state index in [4.69, 9.17) is 9.47 Å². The van der Waals surface area contributed by atoms with E-state index in [0.29, 0.717) is 0 Å². The van der Waals surface area contributed by atoms with Crippen LogP contribution in [0.2, 0.25) is 0 Å². The number of carbonyl (C=O) groups is 1. The van der Waals surface area contributed by atoms with E-state index in [2.05, 4.69) is 0 Å². The van der Waals surface area contributed by atoms with E-state index in [-0.39, 0.29) is 11.9 Å². The van der Waals surface area contributed by atoms with E-state index < -0.39 is 11.9 Å². The van der Waals surface area contributed by atoms with E-state index in [1.165, 1.54) is 19.3 Å². The molecule has 0 bridgehead atoms. The molecule has 1 saturated carbocycles. The van der Waals surface area contributed by atoms with Gasteiger partial charge in [-0.25, -0.2) is 4.79 Å². The van der Waals surface area contributed by atoms with E-state index in [0.717, 1.165) is 18.4 Å². The maximum atomic E-state index is 12.5. The first-order chi connectivity index (χ1) is 9.23. The highest BCUT2D eigenvalue weighted by Gasteiger charge is 2.55. The number of cyclic esters (lactones) is 1. The minimum atomic E-state index is -0.874. The SMILES string of the molecule is C[C@@H]1OC(=O)[C@@](c2ccccc2)(C2CCCCC2)O1. The van der Waals surface area contributed by atoms with Gasteiger partial charge in [-0.05, 0) is 25.3 Å². The average Bonchev–Trinajstić information content (AvgIpc) is 2.76. The highest BCUT2D eigenvalue weighted by atomic mass is 16.8. The molecule has 1 heterocycles. The maximum Gasteiger partial charge on any atom is 0.345 e. The molecule has 2 aliphatic rings. The first-order valence-electron chi connectivity index (χ1n) is 7.18. The molecule has 0 aromatic heterocycles. The lowest BCUT2D eigenvalue weighted by Crippen LogP contribution is -2.42. The normalized spacial score (nSPS) is 32.3. The van der Waals surface area contributed by atoms with Crippen LogP contribution in [0.1, 0.15) is 44.6 Å². The summed E-state index contributed by atoms with van der Waals surface area (Å²) >= 11 is 0. The van der Waals surface area contributed by atoms with Crippen LogP contribution in [0.25, 0.3) is 0 Å². The summed E-state index contributed by atoms with van der Waals surface area (Å²) in [5, 5.41) is 0. The third kappa shape index (κ3) is 2.06. The molecule has 0 N–H and O–H groups in total. The Balaban J connectivity index is 2.03. The van der Waals surface area contributed by atoms with Crippen LogP contribution in [0.3, 0.4) is 0 Å². The van der Waals surface area contributed by atoms with E-state index in [1.807, 2.05) is 30.3 Å². The van der Waals surface area contributed by atoms with Gasteiger partial charge in [0, 0.05) is 5.92 Å². The van der Waals surface area contributed by atoms with E-state index in [1.54, 1.807) is 6.92 Å². The van der Waals surface area contributed by atoms with Gasteiger partial charge in [-0.15, -0.1) is 0 Å². The molecule has 102 valence electrons. The summed E-state index contributed by atoms with van der Waals surface area (Å²) in [6.45, 7) is 1.80. The van der Waals surface area contributed by atoms with Crippen molar-refractivity contribution in [2.24, 2.45) is 5.92 Å². The Morgan fingerprint density at radius 2 is 1.79 bits per heavy atom. The van der Waals surface area contributed by atoms with Crippen molar-refractivity contribution < 1.29 is 14.3 Å². The highest BCUT2D eigenvalue weighted by Crippen LogP contribution is 2.46. The molecular weight excluding hydrogens is 240 g/mol. The van der Waals surface area contributed by atoms with Gasteiger partial charge in [0.15, 0.2) is 5.60 Å². The molecule has 2 atom stereocenters. The van der Waals surface area contributed by atoms with Crippen LogP contribution in [0.4, 0.5) is 0 Å². The maximum absolute atomic E-state index is 12.5. The standard InChI is InChI=1S/C16H20O3/c1-12-18-15(17)16(19-12,13-8-4-2-5-9-13)14-10-6-3-7-11-14/h2,4-5,8-9,12,14H,3,6-7,10-11H2,1H3/t12-,16-/m1/s1. The molecule has 0 radical (unpaired) electrons. The second-order valence-corrected chi connectivity index (χ2v) is 5.53. The summed E-state index contributed by atoms with van der Waals surface area (Å²) in [6, 6.07) is 9.84. The molecule has 19 heavy (non-hydrogen) atoms. The van der Waals surface area contributed by atoms with Crippen LogP contribution in [0.15, 0.2) is 30.3 Å². The molecule has 1 aromatic rings. The summed E-state index contributed by atoms with van der Waals surface area (Å²) in [6.07, 6.45) is 5.23. The third-order valence-corrected chi connectivity index (χ3v) is 4.31. The Hall–Kier alpha value is -1.35. The largest absolute Gasteiger partial charge is 0.434 e. The number of carbonyl (C=O) groups excluding carboxylic acids is 1. The molecule has 1 aromatic carbocycles. The van der Waals surface area contributed by atoms with Gasteiger partial charge in [-0.3, -0.25) is 0 Å². The summed E-state index contributed by atoms with van der Waals surface area (Å²) < 4.78 is 11.3. The van der Waals surface area contributed by atoms with Gasteiger partial charge in [0.1, 0.15) is 0 Å². The van der Waals surface area contributed by atoms with Gasteiger partial charge >= 0.3 is 5.97 Å². The molecular formula is C16H20O3. The van der Waals surface area contributed by atoms with E-state index >= 15 is 0 Å². The lowest BCUT2D eigenvalue weighted by molar-refractivity contribution is -0.149. The lowest BCUT2D eigenvalue weighted by Gasteiger charge is -2.36. The number of hydrogen-bond donors (Lipinski definition) is 0. The molecule has 0 amide bonds. The molecule has 1 aliphatic carbocycles. The van der Waals surface area contributed by atoms with Crippen LogP contribution in [-0.2, 0) is 19.9 Å². The van der Waals surface area contributed by atoms with E-state index in [9.17, 15) is 4.79 Å². The zero-order valence-corrected chi connectivity index (χ0v) is 11.3. The first-order valence-corrected chi connectivity index (χ1v) is 7.18. The van der Waals surface area contributed by atoms with Crippen LogP contribution >= 0.6 is 0 Å². The Bertz CT molecular complexity index is 450. The quantitative estimate of drug-likeness (QED) is 0.765. The zero-order chi connectivity index (χ0) is 13.3. The predicted octanol–water partition coefficient (Wildman–Crippen LogP) is 3.38. The number of rotatable bonds is 2. The van der Waals surface area contributed by atoms with Crippen molar-refractivity contribution in [3.8, 4) is 0 Å². The summed E-state index contributed by atoms with van der Waals surface area (Å²) in [4.78, 5) is 12.5. The van der Waals surface area contributed by atoms with Gasteiger partial charge in [-0.2, -0.15) is 0 Å². The fourth-order valence-corrected chi connectivity index (χ4v) is 3.45. The zero-order valence-electron chi connectivity index (χ0n) is 11.3. The number of ether oxygens (including phenoxy) is 2. The summed E-state index contributed by atoms with van der Waals surface area (Å²) in [5.41, 5.74) is 0.0671. The fourth-order valence-electron chi connectivity index (χ4n) is 3.45. The number of hydrogen-bond acceptors (Lipinski definition) is 3. The van der Waals surface area contributed by atoms with Crippen molar-refractivity contribution in [3.05, 3.63) is 35.9 Å². The Labute approximate surface area is 113 Å². The molecule has 2 fully saturated rings. The second kappa shape index (κ2) is 4.97. The summed E-state index contributed by atoms with van der Waals surface area (Å²) in [5.74, 6) is 0.0270. The van der Waals surface area contributed by atoms with Crippen molar-refractivity contribution >= 4 is 5.97 Å². The molecule has 3 nitrogen and oxygen atoms in total.